The molecule has 2 N–H and O–H groups in total. The van der Waals surface area contributed by atoms with Gasteiger partial charge >= 0.3 is 11.9 Å². The van der Waals surface area contributed by atoms with E-state index in [2.05, 4.69) is 10.6 Å². The molecule has 0 aliphatic heterocycles. The highest BCUT2D eigenvalue weighted by Gasteiger charge is 2.37. The van der Waals surface area contributed by atoms with Crippen LogP contribution in [0, 0.1) is 6.92 Å². The Morgan fingerprint density at radius 3 is 2.45 bits per heavy atom. The zero-order valence-corrected chi connectivity index (χ0v) is 19.4. The van der Waals surface area contributed by atoms with Crippen molar-refractivity contribution in [3.05, 3.63) is 38.4 Å². The van der Waals surface area contributed by atoms with Crippen molar-refractivity contribution in [2.24, 2.45) is 0 Å². The Morgan fingerprint density at radius 1 is 1.24 bits per heavy atom. The van der Waals surface area contributed by atoms with E-state index in [1.54, 1.807) is 31.4 Å². The Kier molecular flexibility index (Phi) is 8.18. The number of esters is 2. The Labute approximate surface area is 190 Å². The summed E-state index contributed by atoms with van der Waals surface area (Å²) < 4.78 is 7.86. The summed E-state index contributed by atoms with van der Waals surface area (Å²) in [6.07, 6.45) is -1.21. The lowest BCUT2D eigenvalue weighted by atomic mass is 10.1. The number of alkyl halides is 3. The predicted octanol–water partition coefficient (Wildman–Crippen LogP) is 4.62. The third-order valence-electron chi connectivity index (χ3n) is 3.62. The highest BCUT2D eigenvalue weighted by atomic mass is 35.6. The minimum absolute atomic E-state index is 0.0881. The molecule has 0 aliphatic carbocycles. The summed E-state index contributed by atoms with van der Waals surface area (Å²) in [4.78, 5) is 37.5. The quantitative estimate of drug-likeness (QED) is 0.328. The van der Waals surface area contributed by atoms with E-state index in [-0.39, 0.29) is 22.0 Å². The van der Waals surface area contributed by atoms with Gasteiger partial charge in [0.05, 0.1) is 24.2 Å². The van der Waals surface area contributed by atoms with Gasteiger partial charge < -0.3 is 20.1 Å². The summed E-state index contributed by atoms with van der Waals surface area (Å²) in [7, 11) is 1.21. The van der Waals surface area contributed by atoms with Gasteiger partial charge in [-0.05, 0) is 30.9 Å². The molecule has 0 fully saturated rings. The molecule has 1 amide bonds. The minimum atomic E-state index is -1.97. The average molecular weight is 500 g/mol. The third-order valence-corrected chi connectivity index (χ3v) is 6.35. The van der Waals surface area contributed by atoms with E-state index >= 15 is 0 Å². The largest absolute Gasteiger partial charge is 0.465 e. The Morgan fingerprint density at radius 2 is 1.93 bits per heavy atom. The fourth-order valence-corrected chi connectivity index (χ4v) is 4.37. The van der Waals surface area contributed by atoms with E-state index in [1.165, 1.54) is 18.4 Å². The molecule has 0 saturated carbocycles. The van der Waals surface area contributed by atoms with Crippen molar-refractivity contribution in [3.63, 3.8) is 0 Å². The molecule has 0 aromatic carbocycles. The number of hydrogen-bond donors (Lipinski definition) is 2. The van der Waals surface area contributed by atoms with E-state index in [0.717, 1.165) is 11.3 Å². The lowest BCUT2D eigenvalue weighted by molar-refractivity contribution is 0.0531. The van der Waals surface area contributed by atoms with Gasteiger partial charge in [-0.3, -0.25) is 4.79 Å². The maximum Gasteiger partial charge on any atom is 0.348 e. The zero-order valence-electron chi connectivity index (χ0n) is 15.5. The summed E-state index contributed by atoms with van der Waals surface area (Å²) in [5.41, 5.74) is 0.445. The number of amides is 1. The van der Waals surface area contributed by atoms with Gasteiger partial charge in [0.1, 0.15) is 16.0 Å². The smallest absolute Gasteiger partial charge is 0.348 e. The summed E-state index contributed by atoms with van der Waals surface area (Å²) in [5, 5.41) is 7.35. The highest BCUT2D eigenvalue weighted by Crippen LogP contribution is 2.38. The minimum Gasteiger partial charge on any atom is -0.465 e. The van der Waals surface area contributed by atoms with Gasteiger partial charge in [-0.2, -0.15) is 0 Å². The number of thiophene rings is 2. The molecule has 2 aromatic rings. The van der Waals surface area contributed by atoms with Crippen molar-refractivity contribution in [1.82, 2.24) is 5.32 Å². The molecule has 12 heteroatoms. The first kappa shape index (κ1) is 23.8. The molecule has 2 rings (SSSR count). The molecule has 0 bridgehead atoms. The number of halogens is 3. The van der Waals surface area contributed by atoms with E-state index in [9.17, 15) is 14.4 Å². The summed E-state index contributed by atoms with van der Waals surface area (Å²) in [5.74, 6) is -1.76. The van der Waals surface area contributed by atoms with Crippen LogP contribution in [0.5, 0.6) is 0 Å². The second-order valence-electron chi connectivity index (χ2n) is 5.54. The van der Waals surface area contributed by atoms with E-state index in [4.69, 9.17) is 44.3 Å². The third kappa shape index (κ3) is 5.76. The summed E-state index contributed by atoms with van der Waals surface area (Å²) in [6.45, 7) is 3.41. The van der Waals surface area contributed by atoms with E-state index < -0.39 is 27.8 Å². The van der Waals surface area contributed by atoms with Crippen LogP contribution < -0.4 is 10.6 Å². The second kappa shape index (κ2) is 9.99. The number of nitrogens with one attached hydrogen (secondary N) is 2. The fraction of sp³-hybridized carbons (Fsp3) is 0.353. The van der Waals surface area contributed by atoms with Crippen LogP contribution in [0.1, 0.15) is 42.2 Å². The van der Waals surface area contributed by atoms with Gasteiger partial charge in [0.25, 0.3) is 5.91 Å². The van der Waals surface area contributed by atoms with E-state index in [1.807, 2.05) is 0 Å². The molecule has 1 atom stereocenters. The average Bonchev–Trinajstić information content (AvgIpc) is 3.28. The number of rotatable bonds is 7. The van der Waals surface area contributed by atoms with Crippen molar-refractivity contribution < 1.29 is 23.9 Å². The normalized spacial score (nSPS) is 12.2. The molecule has 0 spiro atoms. The molecule has 1 unspecified atom stereocenters. The Balaban J connectivity index is 2.41. The second-order valence-corrected chi connectivity index (χ2v) is 9.88. The number of hydrogen-bond acceptors (Lipinski definition) is 8. The topological polar surface area (TPSA) is 93.7 Å². The van der Waals surface area contributed by atoms with Crippen LogP contribution >= 0.6 is 57.5 Å². The van der Waals surface area contributed by atoms with Gasteiger partial charge in [0.2, 0.25) is 3.79 Å². The maximum atomic E-state index is 12.4. The van der Waals surface area contributed by atoms with Gasteiger partial charge in [0, 0.05) is 0 Å². The number of carbonyl (C=O) groups excluding carboxylic acids is 3. The van der Waals surface area contributed by atoms with Crippen molar-refractivity contribution >= 4 is 80.3 Å². The van der Waals surface area contributed by atoms with Gasteiger partial charge in [-0.1, -0.05) is 40.9 Å². The van der Waals surface area contributed by atoms with Crippen LogP contribution in [-0.4, -0.2) is 41.5 Å². The standard InChI is InChI=1S/C17H17Cl3N2O5S2/c1-4-27-15(25)11-8(2)10(14(24)26-3)13(29-11)22-16(17(18,19)20)21-12(23)9-6-5-7-28-9/h5-7,16,22H,4H2,1-3H3,(H,21,23). The molecule has 7 nitrogen and oxygen atoms in total. The van der Waals surface area contributed by atoms with Crippen molar-refractivity contribution in [2.75, 3.05) is 19.0 Å². The molecule has 158 valence electrons. The van der Waals surface area contributed by atoms with Crippen molar-refractivity contribution in [2.45, 2.75) is 23.8 Å². The SMILES string of the molecule is CCOC(=O)c1sc(NC(NC(=O)c2cccs2)C(Cl)(Cl)Cl)c(C(=O)OC)c1C. The fourth-order valence-electron chi connectivity index (χ4n) is 2.30. The van der Waals surface area contributed by atoms with Crippen LogP contribution in [0.3, 0.4) is 0 Å². The number of ether oxygens (including phenoxy) is 2. The molecule has 29 heavy (non-hydrogen) atoms. The lowest BCUT2D eigenvalue weighted by Gasteiger charge is -2.27. The number of anilines is 1. The molecular weight excluding hydrogens is 483 g/mol. The Bertz CT molecular complexity index is 894. The van der Waals surface area contributed by atoms with Crippen LogP contribution in [-0.2, 0) is 9.47 Å². The summed E-state index contributed by atoms with van der Waals surface area (Å²) in [6, 6.07) is 3.32. The first-order valence-corrected chi connectivity index (χ1v) is 11.0. The molecule has 2 aromatic heterocycles. The molecule has 0 saturated heterocycles. The van der Waals surface area contributed by atoms with Gasteiger partial charge in [-0.25, -0.2) is 9.59 Å². The van der Waals surface area contributed by atoms with Crippen LogP contribution in [0.25, 0.3) is 0 Å². The van der Waals surface area contributed by atoms with E-state index in [0.29, 0.717) is 10.4 Å². The Hall–Kier alpha value is -1.52. The maximum absolute atomic E-state index is 12.4. The highest BCUT2D eigenvalue weighted by molar-refractivity contribution is 7.18. The molecule has 2 heterocycles. The zero-order chi connectivity index (χ0) is 21.8. The monoisotopic (exact) mass is 498 g/mol. The first-order chi connectivity index (χ1) is 13.6. The number of carbonyl (C=O) groups is 3. The van der Waals surface area contributed by atoms with Crippen molar-refractivity contribution in [3.8, 4) is 0 Å². The van der Waals surface area contributed by atoms with Crippen LogP contribution in [0.4, 0.5) is 5.00 Å². The number of methoxy groups -OCH3 is 1. The van der Waals surface area contributed by atoms with Gasteiger partial charge in [-0.15, -0.1) is 22.7 Å². The van der Waals surface area contributed by atoms with Crippen LogP contribution in [0.15, 0.2) is 17.5 Å². The molecule has 0 radical (unpaired) electrons. The lowest BCUT2D eigenvalue weighted by Crippen LogP contribution is -2.49. The molecule has 0 aliphatic rings. The first-order valence-electron chi connectivity index (χ1n) is 8.16. The van der Waals surface area contributed by atoms with Crippen molar-refractivity contribution in [1.29, 1.82) is 0 Å². The predicted molar refractivity (Wildman–Crippen MR) is 116 cm³/mol. The summed E-state index contributed by atoms with van der Waals surface area (Å²) >= 11 is 20.3. The van der Waals surface area contributed by atoms with Gasteiger partial charge in [0.15, 0.2) is 0 Å². The van der Waals surface area contributed by atoms with Crippen LogP contribution in [0.2, 0.25) is 0 Å². The molecular formula is C17H17Cl3N2O5S2.